The van der Waals surface area contributed by atoms with Crippen LogP contribution in [0.2, 0.25) is 0 Å². The molecule has 0 N–H and O–H groups in total. The van der Waals surface area contributed by atoms with Crippen molar-refractivity contribution in [3.63, 3.8) is 0 Å². The van der Waals surface area contributed by atoms with Gasteiger partial charge in [-0.3, -0.25) is 9.59 Å². The van der Waals surface area contributed by atoms with Gasteiger partial charge in [0.05, 0.1) is 38.6 Å². The summed E-state index contributed by atoms with van der Waals surface area (Å²) in [5, 5.41) is 13.7. The highest BCUT2D eigenvalue weighted by atomic mass is 16.6. The Morgan fingerprint density at radius 3 is 1.97 bits per heavy atom. The molecular formula is C29H37NO7. The number of methoxy groups -OCH3 is 2. The van der Waals surface area contributed by atoms with Gasteiger partial charge < -0.3 is 28.8 Å². The lowest BCUT2D eigenvalue weighted by Crippen LogP contribution is -2.48. The zero-order valence-corrected chi connectivity index (χ0v) is 23.2. The van der Waals surface area contributed by atoms with Crippen molar-refractivity contribution in [3.8, 4) is 34.1 Å². The molecule has 0 amide bonds. The van der Waals surface area contributed by atoms with Gasteiger partial charge in [0.2, 0.25) is 0 Å². The van der Waals surface area contributed by atoms with E-state index in [1.165, 1.54) is 14.2 Å². The zero-order chi connectivity index (χ0) is 27.5. The van der Waals surface area contributed by atoms with Crippen molar-refractivity contribution in [2.45, 2.75) is 60.4 Å². The molecule has 0 bridgehead atoms. The Bertz CT molecular complexity index is 1260. The quantitative estimate of drug-likeness (QED) is 0.236. The number of hydroxylamine groups is 3. The molecule has 0 fully saturated rings. The molecule has 200 valence electrons. The van der Waals surface area contributed by atoms with E-state index in [1.807, 2.05) is 12.1 Å². The summed E-state index contributed by atoms with van der Waals surface area (Å²) in [5.41, 5.74) is 2.81. The van der Waals surface area contributed by atoms with Crippen LogP contribution in [0.4, 0.5) is 0 Å². The van der Waals surface area contributed by atoms with E-state index in [1.54, 1.807) is 54.7 Å². The SMILES string of the molecule is COc1cc2c(cc1OC(=O)C(C)(C)C)C[C@H]1c3c(cc(OC(=O)C(C)(C)C)c(OC)c3-2)CC[N+]1(C)[O-]. The van der Waals surface area contributed by atoms with Gasteiger partial charge in [-0.1, -0.05) is 0 Å². The standard InChI is InChI=1S/C29H37NO7/c1-28(2,3)26(31)36-21-14-17-12-19-23-16(10-11-30(19,7)33)13-22(37-27(32)29(4,5)6)25(35-9)24(23)18(17)15-20(21)34-8/h13-15,19H,10-12H2,1-9H3/t19-,30?/m0/s1. The van der Waals surface area contributed by atoms with Gasteiger partial charge in [0.15, 0.2) is 23.0 Å². The second-order valence-corrected chi connectivity index (χ2v) is 12.2. The summed E-state index contributed by atoms with van der Waals surface area (Å²) in [6, 6.07) is 5.05. The second-order valence-electron chi connectivity index (χ2n) is 12.2. The van der Waals surface area contributed by atoms with Crippen molar-refractivity contribution in [2.24, 2.45) is 10.8 Å². The van der Waals surface area contributed by atoms with Gasteiger partial charge >= 0.3 is 11.9 Å². The van der Waals surface area contributed by atoms with Crippen molar-refractivity contribution >= 4 is 11.9 Å². The van der Waals surface area contributed by atoms with Crippen LogP contribution in [0.3, 0.4) is 0 Å². The molecule has 8 nitrogen and oxygen atoms in total. The topological polar surface area (TPSA) is 94.1 Å². The molecule has 8 heteroatoms. The summed E-state index contributed by atoms with van der Waals surface area (Å²) in [6.07, 6.45) is 1.01. The molecule has 2 aromatic rings. The lowest BCUT2D eigenvalue weighted by molar-refractivity contribution is -0.894. The van der Waals surface area contributed by atoms with E-state index in [-0.39, 0.29) is 18.0 Å². The van der Waals surface area contributed by atoms with Crippen LogP contribution in [-0.4, -0.2) is 44.4 Å². The Balaban J connectivity index is 1.96. The minimum atomic E-state index is -0.710. The fraction of sp³-hybridized carbons (Fsp3) is 0.517. The summed E-state index contributed by atoms with van der Waals surface area (Å²) in [7, 11) is 4.73. The van der Waals surface area contributed by atoms with Gasteiger partial charge in [-0.15, -0.1) is 0 Å². The van der Waals surface area contributed by atoms with Crippen molar-refractivity contribution in [1.82, 2.24) is 0 Å². The van der Waals surface area contributed by atoms with Gasteiger partial charge in [-0.25, -0.2) is 0 Å². The number of nitrogens with zero attached hydrogens (tertiary/aromatic N) is 1. The third-order valence-corrected chi connectivity index (χ3v) is 7.10. The highest BCUT2D eigenvalue weighted by Gasteiger charge is 2.43. The summed E-state index contributed by atoms with van der Waals surface area (Å²) < 4.78 is 22.6. The maximum absolute atomic E-state index is 13.7. The maximum Gasteiger partial charge on any atom is 0.316 e. The molecule has 0 radical (unpaired) electrons. The largest absolute Gasteiger partial charge is 0.633 e. The van der Waals surface area contributed by atoms with Crippen LogP contribution < -0.4 is 18.9 Å². The van der Waals surface area contributed by atoms with E-state index >= 15 is 0 Å². The summed E-state index contributed by atoms with van der Waals surface area (Å²) in [4.78, 5) is 25.5. The highest BCUT2D eigenvalue weighted by Crippen LogP contribution is 2.55. The number of hydrogen-bond donors (Lipinski definition) is 0. The first-order valence-electron chi connectivity index (χ1n) is 12.5. The van der Waals surface area contributed by atoms with Gasteiger partial charge in [0.1, 0.15) is 6.04 Å². The molecule has 0 saturated heterocycles. The predicted molar refractivity (Wildman–Crippen MR) is 140 cm³/mol. The molecule has 2 aromatic carbocycles. The number of carbonyl (C=O) groups is 2. The van der Waals surface area contributed by atoms with Crippen LogP contribution in [-0.2, 0) is 22.4 Å². The fourth-order valence-corrected chi connectivity index (χ4v) is 4.86. The summed E-state index contributed by atoms with van der Waals surface area (Å²) >= 11 is 0. The van der Waals surface area contributed by atoms with Crippen molar-refractivity contribution in [1.29, 1.82) is 0 Å². The maximum atomic E-state index is 13.7. The van der Waals surface area contributed by atoms with Crippen molar-refractivity contribution < 1.29 is 33.2 Å². The monoisotopic (exact) mass is 511 g/mol. The van der Waals surface area contributed by atoms with E-state index < -0.39 is 15.5 Å². The van der Waals surface area contributed by atoms with Gasteiger partial charge in [-0.2, -0.15) is 0 Å². The third-order valence-electron chi connectivity index (χ3n) is 7.10. The Hall–Kier alpha value is -3.10. The van der Waals surface area contributed by atoms with Gasteiger partial charge in [0, 0.05) is 24.0 Å². The van der Waals surface area contributed by atoms with Gasteiger partial charge in [-0.05, 0) is 76.4 Å². The van der Waals surface area contributed by atoms with Crippen LogP contribution in [0, 0.1) is 16.0 Å². The first-order valence-corrected chi connectivity index (χ1v) is 12.5. The van der Waals surface area contributed by atoms with E-state index in [4.69, 9.17) is 18.9 Å². The van der Waals surface area contributed by atoms with E-state index in [0.29, 0.717) is 42.4 Å². The summed E-state index contributed by atoms with van der Waals surface area (Å²) in [6.45, 7) is 11.1. The third kappa shape index (κ3) is 4.80. The van der Waals surface area contributed by atoms with E-state index in [2.05, 4.69) is 0 Å². The number of fused-ring (bicyclic) bond motifs is 2. The van der Waals surface area contributed by atoms with Crippen LogP contribution >= 0.6 is 0 Å². The molecule has 1 aliphatic carbocycles. The smallest absolute Gasteiger partial charge is 0.316 e. The fourth-order valence-electron chi connectivity index (χ4n) is 4.86. The van der Waals surface area contributed by atoms with E-state index in [9.17, 15) is 14.8 Å². The normalized spacial score (nSPS) is 20.4. The average Bonchev–Trinajstić information content (AvgIpc) is 2.79. The molecule has 1 unspecified atom stereocenters. The van der Waals surface area contributed by atoms with Gasteiger partial charge in [0.25, 0.3) is 0 Å². The molecule has 2 atom stereocenters. The molecule has 2 aliphatic rings. The molecule has 1 heterocycles. The second kappa shape index (κ2) is 9.03. The lowest BCUT2D eigenvalue weighted by Gasteiger charge is -2.51. The first kappa shape index (κ1) is 26.9. The van der Waals surface area contributed by atoms with Crippen LogP contribution in [0.1, 0.15) is 64.3 Å². The lowest BCUT2D eigenvalue weighted by atomic mass is 9.76. The van der Waals surface area contributed by atoms with Crippen LogP contribution in [0.15, 0.2) is 18.2 Å². The molecular weight excluding hydrogens is 474 g/mol. The number of hydrogen-bond acceptors (Lipinski definition) is 7. The molecule has 4 rings (SSSR count). The van der Waals surface area contributed by atoms with Crippen molar-refractivity contribution in [3.05, 3.63) is 40.1 Å². The number of likely N-dealkylation sites (N-methyl/N-ethyl adjacent to an activating group) is 1. The number of quaternary nitrogens is 1. The molecule has 0 saturated carbocycles. The van der Waals surface area contributed by atoms with Crippen LogP contribution in [0.25, 0.3) is 11.1 Å². The minimum absolute atomic E-state index is 0.301. The Labute approximate surface area is 218 Å². The minimum Gasteiger partial charge on any atom is -0.633 e. The van der Waals surface area contributed by atoms with E-state index in [0.717, 1.165) is 27.8 Å². The first-order chi connectivity index (χ1) is 17.1. The van der Waals surface area contributed by atoms with Crippen molar-refractivity contribution in [2.75, 3.05) is 27.8 Å². The predicted octanol–water partition coefficient (Wildman–Crippen LogP) is 5.37. The van der Waals surface area contributed by atoms with Crippen LogP contribution in [0.5, 0.6) is 23.0 Å². The number of benzene rings is 2. The molecule has 0 aromatic heterocycles. The summed E-state index contributed by atoms with van der Waals surface area (Å²) in [5.74, 6) is 0.638. The number of carbonyl (C=O) groups excluding carboxylic acids is 2. The highest BCUT2D eigenvalue weighted by molar-refractivity contribution is 5.87. The Morgan fingerprint density at radius 2 is 1.43 bits per heavy atom. The molecule has 0 spiro atoms. The number of rotatable bonds is 4. The number of esters is 2. The molecule has 1 aliphatic heterocycles. The Kier molecular flexibility index (Phi) is 6.57. The Morgan fingerprint density at radius 1 is 0.865 bits per heavy atom. The molecule has 37 heavy (non-hydrogen) atoms. The average molecular weight is 512 g/mol. The zero-order valence-electron chi connectivity index (χ0n) is 23.2. The number of ether oxygens (including phenoxy) is 4.